The van der Waals surface area contributed by atoms with Gasteiger partial charge in [-0.1, -0.05) is 24.1 Å². The molecule has 1 aliphatic carbocycles. The summed E-state index contributed by atoms with van der Waals surface area (Å²) >= 11 is 5.98. The molecule has 118 valence electrons. The molecular weight excluding hydrogens is 334 g/mol. The van der Waals surface area contributed by atoms with Crippen LogP contribution >= 0.6 is 11.6 Å². The van der Waals surface area contributed by atoms with Crippen LogP contribution in [0.1, 0.15) is 25.7 Å². The van der Waals surface area contributed by atoms with Crippen molar-refractivity contribution < 1.29 is 16.8 Å². The number of halogens is 1. The Labute approximate surface area is 130 Å². The topological polar surface area (TPSA) is 94.3 Å². The lowest BCUT2D eigenvalue weighted by Crippen LogP contribution is -2.35. The molecule has 0 spiro atoms. The fraction of sp³-hybridized carbons (Fsp3) is 0.538. The van der Waals surface area contributed by atoms with Crippen molar-refractivity contribution in [2.24, 2.45) is 0 Å². The standard InChI is InChI=1S/C13H18ClNO4S2/c1-20(16,17)9-4-2-5-10(8-9)21(18,19)13-11(14)6-3-7-12(13)15/h3,6-7,9-10H,2,4-5,8,15H2,1H3. The molecule has 2 unspecified atom stereocenters. The zero-order chi connectivity index (χ0) is 15.8. The quantitative estimate of drug-likeness (QED) is 0.841. The Balaban J connectivity index is 2.41. The summed E-state index contributed by atoms with van der Waals surface area (Å²) in [6.45, 7) is 0. The lowest BCUT2D eigenvalue weighted by atomic mass is 10.00. The maximum Gasteiger partial charge on any atom is 0.184 e. The van der Waals surface area contributed by atoms with Gasteiger partial charge in [0.2, 0.25) is 0 Å². The molecule has 0 heterocycles. The number of hydrogen-bond donors (Lipinski definition) is 1. The van der Waals surface area contributed by atoms with E-state index < -0.39 is 30.2 Å². The number of sulfone groups is 2. The van der Waals surface area contributed by atoms with Gasteiger partial charge in [-0.15, -0.1) is 0 Å². The summed E-state index contributed by atoms with van der Waals surface area (Å²) in [7, 11) is -6.99. The molecule has 0 amide bonds. The minimum atomic E-state index is -3.74. The number of rotatable bonds is 3. The van der Waals surface area contributed by atoms with Crippen LogP contribution in [0.2, 0.25) is 5.02 Å². The summed E-state index contributed by atoms with van der Waals surface area (Å²) in [5.41, 5.74) is 5.85. The summed E-state index contributed by atoms with van der Waals surface area (Å²) in [6, 6.07) is 4.54. The van der Waals surface area contributed by atoms with E-state index in [4.69, 9.17) is 17.3 Å². The Bertz CT molecular complexity index is 723. The fourth-order valence-electron chi connectivity index (χ4n) is 2.77. The average Bonchev–Trinajstić information content (AvgIpc) is 2.37. The predicted molar refractivity (Wildman–Crippen MR) is 83.9 cm³/mol. The van der Waals surface area contributed by atoms with Crippen molar-refractivity contribution in [1.82, 2.24) is 0 Å². The normalized spacial score (nSPS) is 23.9. The smallest absolute Gasteiger partial charge is 0.184 e. The van der Waals surface area contributed by atoms with Gasteiger partial charge in [0.05, 0.1) is 21.2 Å². The minimum Gasteiger partial charge on any atom is -0.398 e. The van der Waals surface area contributed by atoms with Crippen LogP contribution in [-0.4, -0.2) is 33.6 Å². The first kappa shape index (κ1) is 16.6. The van der Waals surface area contributed by atoms with E-state index in [0.29, 0.717) is 19.3 Å². The summed E-state index contributed by atoms with van der Waals surface area (Å²) in [6.07, 6.45) is 2.75. The average molecular weight is 352 g/mol. The Hall–Kier alpha value is -0.790. The van der Waals surface area contributed by atoms with E-state index in [2.05, 4.69) is 0 Å². The summed E-state index contributed by atoms with van der Waals surface area (Å²) in [5, 5.41) is -1.29. The molecule has 5 nitrogen and oxygen atoms in total. The van der Waals surface area contributed by atoms with Gasteiger partial charge in [-0.05, 0) is 31.4 Å². The molecule has 8 heteroatoms. The Kier molecular flexibility index (Phi) is 4.56. The van der Waals surface area contributed by atoms with Crippen molar-refractivity contribution in [1.29, 1.82) is 0 Å². The fourth-order valence-corrected chi connectivity index (χ4v) is 6.60. The monoisotopic (exact) mass is 351 g/mol. The van der Waals surface area contributed by atoms with Gasteiger partial charge in [-0.25, -0.2) is 16.8 Å². The van der Waals surface area contributed by atoms with Gasteiger partial charge in [0.25, 0.3) is 0 Å². The lowest BCUT2D eigenvalue weighted by Gasteiger charge is -2.28. The van der Waals surface area contributed by atoms with Crippen LogP contribution in [0.15, 0.2) is 23.1 Å². The maximum absolute atomic E-state index is 12.7. The van der Waals surface area contributed by atoms with Crippen molar-refractivity contribution in [3.05, 3.63) is 23.2 Å². The van der Waals surface area contributed by atoms with Crippen LogP contribution in [0.5, 0.6) is 0 Å². The van der Waals surface area contributed by atoms with Gasteiger partial charge in [-0.3, -0.25) is 0 Å². The number of hydrogen-bond acceptors (Lipinski definition) is 5. The number of nitrogen functional groups attached to an aromatic ring is 1. The highest BCUT2D eigenvalue weighted by molar-refractivity contribution is 7.93. The largest absolute Gasteiger partial charge is 0.398 e. The summed E-state index contributed by atoms with van der Waals surface area (Å²) in [5.74, 6) is 0. The van der Waals surface area contributed by atoms with Gasteiger partial charge in [0.15, 0.2) is 9.84 Å². The molecule has 0 aliphatic heterocycles. The molecule has 1 aromatic rings. The van der Waals surface area contributed by atoms with Crippen molar-refractivity contribution in [3.63, 3.8) is 0 Å². The van der Waals surface area contributed by atoms with Crippen molar-refractivity contribution in [2.75, 3.05) is 12.0 Å². The van der Waals surface area contributed by atoms with Crippen LogP contribution in [0.3, 0.4) is 0 Å². The van der Waals surface area contributed by atoms with E-state index in [0.717, 1.165) is 6.26 Å². The highest BCUT2D eigenvalue weighted by Gasteiger charge is 2.38. The Morgan fingerprint density at radius 1 is 1.14 bits per heavy atom. The number of anilines is 1. The SMILES string of the molecule is CS(=O)(=O)C1CCCC(S(=O)(=O)c2c(N)cccc2Cl)C1. The first-order valence-electron chi connectivity index (χ1n) is 6.61. The molecule has 1 saturated carbocycles. The van der Waals surface area contributed by atoms with Gasteiger partial charge in [0, 0.05) is 6.26 Å². The van der Waals surface area contributed by atoms with E-state index in [1.54, 1.807) is 6.07 Å². The zero-order valence-electron chi connectivity index (χ0n) is 11.6. The second-order valence-corrected chi connectivity index (χ2v) is 10.3. The zero-order valence-corrected chi connectivity index (χ0v) is 14.0. The second-order valence-electron chi connectivity index (χ2n) is 5.44. The Morgan fingerprint density at radius 3 is 2.33 bits per heavy atom. The third kappa shape index (κ3) is 3.35. The van der Waals surface area contributed by atoms with Crippen LogP contribution in [-0.2, 0) is 19.7 Å². The van der Waals surface area contributed by atoms with E-state index in [1.165, 1.54) is 12.1 Å². The second kappa shape index (κ2) is 5.78. The molecule has 2 N–H and O–H groups in total. The van der Waals surface area contributed by atoms with Crippen LogP contribution in [0.4, 0.5) is 5.69 Å². The van der Waals surface area contributed by atoms with Gasteiger partial charge in [-0.2, -0.15) is 0 Å². The predicted octanol–water partition coefficient (Wildman–Crippen LogP) is 2.05. The van der Waals surface area contributed by atoms with Crippen LogP contribution < -0.4 is 5.73 Å². The molecule has 1 aliphatic rings. The third-order valence-electron chi connectivity index (χ3n) is 3.90. The van der Waals surface area contributed by atoms with E-state index in [1.807, 2.05) is 0 Å². The Morgan fingerprint density at radius 2 is 1.76 bits per heavy atom. The van der Waals surface area contributed by atoms with Crippen LogP contribution in [0, 0.1) is 0 Å². The molecule has 0 saturated heterocycles. The molecule has 0 radical (unpaired) electrons. The van der Waals surface area contributed by atoms with Crippen molar-refractivity contribution >= 4 is 37.0 Å². The molecule has 2 atom stereocenters. The minimum absolute atomic E-state index is 0.0779. The highest BCUT2D eigenvalue weighted by atomic mass is 35.5. The van der Waals surface area contributed by atoms with Gasteiger partial charge >= 0.3 is 0 Å². The van der Waals surface area contributed by atoms with Gasteiger partial charge < -0.3 is 5.73 Å². The molecular formula is C13H18ClNO4S2. The first-order chi connectivity index (χ1) is 9.64. The summed E-state index contributed by atoms with van der Waals surface area (Å²) < 4.78 is 48.9. The molecule has 2 rings (SSSR count). The molecule has 0 aromatic heterocycles. The molecule has 1 fully saturated rings. The van der Waals surface area contributed by atoms with E-state index >= 15 is 0 Å². The summed E-state index contributed by atoms with van der Waals surface area (Å²) in [4.78, 5) is -0.0779. The van der Waals surface area contributed by atoms with Crippen molar-refractivity contribution in [2.45, 2.75) is 41.1 Å². The van der Waals surface area contributed by atoms with Gasteiger partial charge in [0.1, 0.15) is 14.7 Å². The van der Waals surface area contributed by atoms with E-state index in [-0.39, 0.29) is 22.0 Å². The first-order valence-corrected chi connectivity index (χ1v) is 10.5. The molecule has 1 aromatic carbocycles. The van der Waals surface area contributed by atoms with E-state index in [9.17, 15) is 16.8 Å². The maximum atomic E-state index is 12.7. The van der Waals surface area contributed by atoms with Crippen molar-refractivity contribution in [3.8, 4) is 0 Å². The number of benzene rings is 1. The highest BCUT2D eigenvalue weighted by Crippen LogP contribution is 2.36. The molecule has 21 heavy (non-hydrogen) atoms. The van der Waals surface area contributed by atoms with Crippen LogP contribution in [0.25, 0.3) is 0 Å². The third-order valence-corrected chi connectivity index (χ3v) is 8.30. The molecule has 0 bridgehead atoms. The number of nitrogens with two attached hydrogens (primary N) is 1. The lowest BCUT2D eigenvalue weighted by molar-refractivity contribution is 0.473.